The SMILES string of the molecule is O=c1c2ccsc2ncn1C[C@H](O)COCc1ccc2c(c1)OCO2. The molecule has 130 valence electrons. The van der Waals surface area contributed by atoms with Gasteiger partial charge in [-0.15, -0.1) is 11.3 Å². The molecule has 25 heavy (non-hydrogen) atoms. The lowest BCUT2D eigenvalue weighted by Gasteiger charge is -2.13. The average molecular weight is 360 g/mol. The lowest BCUT2D eigenvalue weighted by atomic mass is 10.2. The molecule has 7 nitrogen and oxygen atoms in total. The van der Waals surface area contributed by atoms with Gasteiger partial charge in [0, 0.05) is 0 Å². The number of aromatic nitrogens is 2. The lowest BCUT2D eigenvalue weighted by molar-refractivity contribution is 0.0198. The predicted octanol–water partition coefficient (Wildman–Crippen LogP) is 1.76. The van der Waals surface area contributed by atoms with E-state index in [1.54, 1.807) is 6.07 Å². The summed E-state index contributed by atoms with van der Waals surface area (Å²) in [5, 5.41) is 12.5. The Morgan fingerprint density at radius 1 is 1.32 bits per heavy atom. The Bertz CT molecular complexity index is 952. The third-order valence-corrected chi connectivity index (χ3v) is 4.69. The van der Waals surface area contributed by atoms with Crippen LogP contribution in [-0.4, -0.2) is 34.2 Å². The average Bonchev–Trinajstić information content (AvgIpc) is 3.26. The van der Waals surface area contributed by atoms with E-state index in [9.17, 15) is 9.90 Å². The van der Waals surface area contributed by atoms with E-state index in [4.69, 9.17) is 14.2 Å². The van der Waals surface area contributed by atoms with E-state index < -0.39 is 6.10 Å². The molecule has 0 aliphatic carbocycles. The van der Waals surface area contributed by atoms with Gasteiger partial charge in [-0.25, -0.2) is 4.98 Å². The Morgan fingerprint density at radius 3 is 3.12 bits per heavy atom. The Kier molecular flexibility index (Phi) is 4.39. The second-order valence-corrected chi connectivity index (χ2v) is 6.59. The van der Waals surface area contributed by atoms with Crippen LogP contribution in [0.1, 0.15) is 5.56 Å². The van der Waals surface area contributed by atoms with Gasteiger partial charge in [0.1, 0.15) is 4.83 Å². The topological polar surface area (TPSA) is 82.8 Å². The van der Waals surface area contributed by atoms with Crippen LogP contribution < -0.4 is 15.0 Å². The lowest BCUT2D eigenvalue weighted by Crippen LogP contribution is -2.29. The highest BCUT2D eigenvalue weighted by Crippen LogP contribution is 2.32. The van der Waals surface area contributed by atoms with Gasteiger partial charge in [-0.05, 0) is 29.1 Å². The monoisotopic (exact) mass is 360 g/mol. The molecular weight excluding hydrogens is 344 g/mol. The van der Waals surface area contributed by atoms with Crippen LogP contribution in [0.25, 0.3) is 10.2 Å². The highest BCUT2D eigenvalue weighted by molar-refractivity contribution is 7.16. The van der Waals surface area contributed by atoms with Crippen LogP contribution >= 0.6 is 11.3 Å². The summed E-state index contributed by atoms with van der Waals surface area (Å²) >= 11 is 1.42. The first-order chi connectivity index (χ1) is 12.2. The van der Waals surface area contributed by atoms with Crippen LogP contribution in [0.4, 0.5) is 0 Å². The molecule has 0 unspecified atom stereocenters. The predicted molar refractivity (Wildman–Crippen MR) is 92.1 cm³/mol. The maximum atomic E-state index is 12.3. The summed E-state index contributed by atoms with van der Waals surface area (Å²) in [7, 11) is 0. The molecule has 1 aliphatic heterocycles. The number of ether oxygens (including phenoxy) is 3. The van der Waals surface area contributed by atoms with Gasteiger partial charge in [0.25, 0.3) is 5.56 Å². The maximum absolute atomic E-state index is 12.3. The van der Waals surface area contributed by atoms with Crippen LogP contribution in [0.5, 0.6) is 11.5 Å². The van der Waals surface area contributed by atoms with Crippen molar-refractivity contribution in [3.63, 3.8) is 0 Å². The summed E-state index contributed by atoms with van der Waals surface area (Å²) in [6.45, 7) is 0.821. The summed E-state index contributed by atoms with van der Waals surface area (Å²) in [4.78, 5) is 17.2. The second kappa shape index (κ2) is 6.83. The largest absolute Gasteiger partial charge is 0.454 e. The summed E-state index contributed by atoms with van der Waals surface area (Å²) < 4.78 is 17.5. The van der Waals surface area contributed by atoms with Gasteiger partial charge >= 0.3 is 0 Å². The van der Waals surface area contributed by atoms with Crippen molar-refractivity contribution in [3.05, 3.63) is 51.9 Å². The Morgan fingerprint density at radius 2 is 2.20 bits per heavy atom. The van der Waals surface area contributed by atoms with Gasteiger partial charge in [-0.2, -0.15) is 0 Å². The highest BCUT2D eigenvalue weighted by Gasteiger charge is 2.14. The number of aliphatic hydroxyl groups is 1. The van der Waals surface area contributed by atoms with Gasteiger partial charge in [-0.3, -0.25) is 9.36 Å². The summed E-state index contributed by atoms with van der Waals surface area (Å²) in [5.41, 5.74) is 0.774. The minimum atomic E-state index is -0.801. The molecule has 0 saturated heterocycles. The molecule has 0 fully saturated rings. The fourth-order valence-corrected chi connectivity index (χ4v) is 3.37. The molecule has 0 radical (unpaired) electrons. The van der Waals surface area contributed by atoms with Crippen LogP contribution in [0, 0.1) is 0 Å². The molecule has 0 bridgehead atoms. The van der Waals surface area contributed by atoms with E-state index in [0.717, 1.165) is 11.3 Å². The van der Waals surface area contributed by atoms with Crippen molar-refractivity contribution in [1.29, 1.82) is 0 Å². The van der Waals surface area contributed by atoms with Gasteiger partial charge in [-0.1, -0.05) is 6.07 Å². The van der Waals surface area contributed by atoms with Crippen molar-refractivity contribution in [2.45, 2.75) is 19.3 Å². The molecule has 1 N–H and O–H groups in total. The third kappa shape index (κ3) is 3.37. The first-order valence-corrected chi connectivity index (χ1v) is 8.65. The van der Waals surface area contributed by atoms with E-state index in [1.165, 1.54) is 22.2 Å². The van der Waals surface area contributed by atoms with Crippen LogP contribution in [0.2, 0.25) is 0 Å². The van der Waals surface area contributed by atoms with Crippen molar-refractivity contribution in [2.24, 2.45) is 0 Å². The van der Waals surface area contributed by atoms with E-state index in [2.05, 4.69) is 4.98 Å². The van der Waals surface area contributed by atoms with Crippen molar-refractivity contribution in [1.82, 2.24) is 9.55 Å². The molecule has 3 heterocycles. The van der Waals surface area contributed by atoms with Crippen molar-refractivity contribution >= 4 is 21.6 Å². The molecule has 0 spiro atoms. The van der Waals surface area contributed by atoms with Crippen LogP contribution in [0.15, 0.2) is 40.8 Å². The number of benzene rings is 1. The van der Waals surface area contributed by atoms with E-state index >= 15 is 0 Å². The zero-order valence-corrected chi connectivity index (χ0v) is 14.1. The molecule has 3 aromatic rings. The normalized spacial score (nSPS) is 14.1. The fourth-order valence-electron chi connectivity index (χ4n) is 2.65. The molecule has 0 saturated carbocycles. The molecular formula is C17H16N2O5S. The van der Waals surface area contributed by atoms with E-state index in [-0.39, 0.29) is 25.5 Å². The molecule has 4 rings (SSSR count). The first kappa shape index (κ1) is 16.1. The van der Waals surface area contributed by atoms with Gasteiger partial charge < -0.3 is 19.3 Å². The van der Waals surface area contributed by atoms with Gasteiger partial charge in [0.15, 0.2) is 11.5 Å². The standard InChI is InChI=1S/C17H16N2O5S/c20-12(6-19-9-18-16-13(17(19)21)3-4-25-16)8-22-7-11-1-2-14-15(5-11)24-10-23-14/h1-5,9,12,20H,6-8,10H2/t12-/m0/s1. The van der Waals surface area contributed by atoms with Gasteiger partial charge in [0.05, 0.1) is 37.6 Å². The number of fused-ring (bicyclic) bond motifs is 2. The smallest absolute Gasteiger partial charge is 0.262 e. The molecule has 8 heteroatoms. The summed E-state index contributed by atoms with van der Waals surface area (Å²) in [6.07, 6.45) is 0.659. The highest BCUT2D eigenvalue weighted by atomic mass is 32.1. The molecule has 2 aromatic heterocycles. The Balaban J connectivity index is 1.33. The van der Waals surface area contributed by atoms with Crippen LogP contribution in [0.3, 0.4) is 0 Å². The maximum Gasteiger partial charge on any atom is 0.262 e. The zero-order chi connectivity index (χ0) is 17.2. The quantitative estimate of drug-likeness (QED) is 0.721. The first-order valence-electron chi connectivity index (χ1n) is 7.78. The van der Waals surface area contributed by atoms with Crippen molar-refractivity contribution in [3.8, 4) is 11.5 Å². The number of nitrogens with zero attached hydrogens (tertiary/aromatic N) is 2. The van der Waals surface area contributed by atoms with Gasteiger partial charge in [0.2, 0.25) is 6.79 Å². The zero-order valence-electron chi connectivity index (χ0n) is 13.3. The number of rotatable bonds is 6. The molecule has 0 amide bonds. The number of hydrogen-bond acceptors (Lipinski definition) is 7. The van der Waals surface area contributed by atoms with Crippen molar-refractivity contribution in [2.75, 3.05) is 13.4 Å². The number of hydrogen-bond donors (Lipinski definition) is 1. The van der Waals surface area contributed by atoms with Crippen LogP contribution in [-0.2, 0) is 17.9 Å². The fraction of sp³-hybridized carbons (Fsp3) is 0.294. The van der Waals surface area contributed by atoms with E-state index in [0.29, 0.717) is 22.6 Å². The number of aliphatic hydroxyl groups excluding tert-OH is 1. The summed E-state index contributed by atoms with van der Waals surface area (Å²) in [6, 6.07) is 7.32. The van der Waals surface area contributed by atoms with Crippen molar-refractivity contribution < 1.29 is 19.3 Å². The van der Waals surface area contributed by atoms with E-state index in [1.807, 2.05) is 23.6 Å². The minimum absolute atomic E-state index is 0.114. The molecule has 1 aromatic carbocycles. The number of thiophene rings is 1. The Hall–Kier alpha value is -2.42. The minimum Gasteiger partial charge on any atom is -0.454 e. The Labute approximate surface area is 147 Å². The third-order valence-electron chi connectivity index (χ3n) is 3.87. The molecule has 1 aliphatic rings. The second-order valence-electron chi connectivity index (χ2n) is 5.70. The summed E-state index contributed by atoms with van der Waals surface area (Å²) in [5.74, 6) is 1.42. The molecule has 1 atom stereocenters.